The Balaban J connectivity index is 1.39. The maximum Gasteiger partial charge on any atom is 0.407 e. The molecule has 1 saturated carbocycles. The lowest BCUT2D eigenvalue weighted by molar-refractivity contribution is 0.0206. The molecule has 8 heteroatoms. The van der Waals surface area contributed by atoms with E-state index in [4.69, 9.17) is 14.4 Å². The molecule has 2 fully saturated rings. The van der Waals surface area contributed by atoms with Crippen molar-refractivity contribution in [2.75, 3.05) is 13.1 Å². The summed E-state index contributed by atoms with van der Waals surface area (Å²) in [5.74, 6) is -0.982. The van der Waals surface area contributed by atoms with Gasteiger partial charge in [0.25, 0.3) is 0 Å². The predicted molar refractivity (Wildman–Crippen MR) is 65.1 cm³/mol. The molecule has 1 spiro atoms. The summed E-state index contributed by atoms with van der Waals surface area (Å²) in [5, 5.41) is 18.0. The summed E-state index contributed by atoms with van der Waals surface area (Å²) in [4.78, 5) is 22.1. The third kappa shape index (κ3) is 2.46. The van der Waals surface area contributed by atoms with Crippen LogP contribution >= 0.6 is 0 Å². The van der Waals surface area contributed by atoms with E-state index in [1.54, 1.807) is 0 Å². The van der Waals surface area contributed by atoms with Crippen LogP contribution in [0.15, 0.2) is 10.6 Å². The summed E-state index contributed by atoms with van der Waals surface area (Å²) in [6, 6.07) is 1.39. The van der Waals surface area contributed by atoms with Crippen LogP contribution in [0.3, 0.4) is 0 Å². The molecule has 2 aliphatic rings. The van der Waals surface area contributed by atoms with E-state index in [0.717, 1.165) is 25.9 Å². The molecule has 108 valence electrons. The lowest BCUT2D eigenvalue weighted by Crippen LogP contribution is -2.65. The van der Waals surface area contributed by atoms with Crippen LogP contribution in [0.4, 0.5) is 4.79 Å². The second-order valence-electron chi connectivity index (χ2n) is 5.41. The zero-order valence-corrected chi connectivity index (χ0v) is 10.7. The summed E-state index contributed by atoms with van der Waals surface area (Å²) < 4.78 is 9.69. The highest BCUT2D eigenvalue weighted by Gasteiger charge is 2.48. The number of carbonyl (C=O) groups excluding carboxylic acids is 1. The number of nitrogens with zero attached hydrogens (tertiary/aromatic N) is 1. The molecular formula is C12H15N3O5. The Morgan fingerprint density at radius 2 is 2.30 bits per heavy atom. The quantitative estimate of drug-likeness (QED) is 0.729. The molecule has 1 aromatic rings. The van der Waals surface area contributed by atoms with Gasteiger partial charge < -0.3 is 25.0 Å². The van der Waals surface area contributed by atoms with E-state index in [1.807, 2.05) is 0 Å². The Morgan fingerprint density at radius 3 is 2.85 bits per heavy atom. The average Bonchev–Trinajstić information content (AvgIpc) is 2.77. The van der Waals surface area contributed by atoms with E-state index in [9.17, 15) is 9.59 Å². The molecule has 1 aliphatic heterocycles. The number of carboxylic acids is 1. The third-order valence-corrected chi connectivity index (χ3v) is 3.80. The highest BCUT2D eigenvalue weighted by Crippen LogP contribution is 2.44. The van der Waals surface area contributed by atoms with Crippen molar-refractivity contribution in [3.05, 3.63) is 17.5 Å². The number of amides is 1. The average molecular weight is 281 g/mol. The van der Waals surface area contributed by atoms with Crippen molar-refractivity contribution in [2.24, 2.45) is 5.41 Å². The molecule has 3 N–H and O–H groups in total. The molecule has 1 aromatic heterocycles. The minimum absolute atomic E-state index is 0.133. The number of aromatic carboxylic acids is 1. The van der Waals surface area contributed by atoms with Crippen molar-refractivity contribution in [3.8, 4) is 0 Å². The molecule has 1 saturated heterocycles. The zero-order valence-electron chi connectivity index (χ0n) is 10.7. The number of nitrogens with one attached hydrogen (secondary N) is 2. The Labute approximate surface area is 114 Å². The second kappa shape index (κ2) is 4.78. The van der Waals surface area contributed by atoms with Gasteiger partial charge in [0.05, 0.1) is 0 Å². The fraction of sp³-hybridized carbons (Fsp3) is 0.583. The summed E-state index contributed by atoms with van der Waals surface area (Å²) >= 11 is 0. The predicted octanol–water partition coefficient (Wildman–Crippen LogP) is 0.351. The van der Waals surface area contributed by atoms with Gasteiger partial charge in [-0.15, -0.1) is 0 Å². The van der Waals surface area contributed by atoms with Gasteiger partial charge >= 0.3 is 12.1 Å². The van der Waals surface area contributed by atoms with E-state index >= 15 is 0 Å². The topological polar surface area (TPSA) is 114 Å². The highest BCUT2D eigenvalue weighted by molar-refractivity contribution is 5.85. The van der Waals surface area contributed by atoms with Crippen molar-refractivity contribution in [1.29, 1.82) is 0 Å². The van der Waals surface area contributed by atoms with Crippen LogP contribution in [0.1, 0.15) is 29.1 Å². The Hall–Kier alpha value is -2.09. The Kier molecular flexibility index (Phi) is 3.09. The van der Waals surface area contributed by atoms with Gasteiger partial charge in [0, 0.05) is 25.2 Å². The first-order valence-corrected chi connectivity index (χ1v) is 6.39. The van der Waals surface area contributed by atoms with Gasteiger partial charge in [0.15, 0.2) is 18.1 Å². The minimum atomic E-state index is -1.18. The van der Waals surface area contributed by atoms with Gasteiger partial charge in [0.2, 0.25) is 0 Å². The number of hydrogen-bond acceptors (Lipinski definition) is 6. The molecule has 8 nitrogen and oxygen atoms in total. The molecule has 1 amide bonds. The van der Waals surface area contributed by atoms with Crippen molar-refractivity contribution < 1.29 is 24.0 Å². The molecule has 0 bridgehead atoms. The minimum Gasteiger partial charge on any atom is -0.476 e. The van der Waals surface area contributed by atoms with Crippen LogP contribution in [-0.4, -0.2) is 41.5 Å². The number of alkyl carbamates (subject to hydrolysis) is 1. The van der Waals surface area contributed by atoms with E-state index in [1.165, 1.54) is 6.07 Å². The van der Waals surface area contributed by atoms with Crippen molar-refractivity contribution in [3.63, 3.8) is 0 Å². The van der Waals surface area contributed by atoms with Crippen LogP contribution in [0.2, 0.25) is 0 Å². The second-order valence-corrected chi connectivity index (χ2v) is 5.41. The molecule has 0 radical (unpaired) electrons. The van der Waals surface area contributed by atoms with Crippen LogP contribution in [0.5, 0.6) is 0 Å². The summed E-state index contributed by atoms with van der Waals surface area (Å²) in [6.07, 6.45) is 1.42. The Morgan fingerprint density at radius 1 is 1.55 bits per heavy atom. The molecular weight excluding hydrogens is 266 g/mol. The van der Waals surface area contributed by atoms with Gasteiger partial charge in [-0.25, -0.2) is 9.59 Å². The fourth-order valence-electron chi connectivity index (χ4n) is 2.68. The van der Waals surface area contributed by atoms with E-state index < -0.39 is 12.1 Å². The largest absolute Gasteiger partial charge is 0.476 e. The lowest BCUT2D eigenvalue weighted by atomic mass is 9.62. The highest BCUT2D eigenvalue weighted by atomic mass is 16.6. The van der Waals surface area contributed by atoms with Gasteiger partial charge in [-0.05, 0) is 18.3 Å². The first kappa shape index (κ1) is 12.9. The standard InChI is InChI=1S/C12H15N3O5/c16-10(17)9-1-8(20-15-9)4-19-11(18)14-7-2-12(3-7)5-13-6-12/h1,7,13H,2-6H2,(H,14,18)(H,16,17). The fourth-order valence-corrected chi connectivity index (χ4v) is 2.68. The molecule has 2 heterocycles. The lowest BCUT2D eigenvalue weighted by Gasteiger charge is -2.54. The van der Waals surface area contributed by atoms with Gasteiger partial charge in [0.1, 0.15) is 0 Å². The Bertz CT molecular complexity index is 529. The maximum atomic E-state index is 11.6. The molecule has 3 rings (SSSR count). The summed E-state index contributed by atoms with van der Waals surface area (Å²) in [7, 11) is 0. The van der Waals surface area contributed by atoms with Crippen molar-refractivity contribution >= 4 is 12.1 Å². The molecule has 20 heavy (non-hydrogen) atoms. The van der Waals surface area contributed by atoms with E-state index in [-0.39, 0.29) is 24.1 Å². The van der Waals surface area contributed by atoms with Crippen molar-refractivity contribution in [1.82, 2.24) is 15.8 Å². The molecule has 0 unspecified atom stereocenters. The number of hydrogen-bond donors (Lipinski definition) is 3. The summed E-state index contributed by atoms with van der Waals surface area (Å²) in [6.45, 7) is 1.91. The molecule has 1 aliphatic carbocycles. The first-order chi connectivity index (χ1) is 9.56. The first-order valence-electron chi connectivity index (χ1n) is 6.39. The van der Waals surface area contributed by atoms with Crippen LogP contribution in [0, 0.1) is 5.41 Å². The third-order valence-electron chi connectivity index (χ3n) is 3.80. The van der Waals surface area contributed by atoms with Crippen molar-refractivity contribution in [2.45, 2.75) is 25.5 Å². The van der Waals surface area contributed by atoms with Gasteiger partial charge in [-0.2, -0.15) is 0 Å². The smallest absolute Gasteiger partial charge is 0.407 e. The monoisotopic (exact) mass is 281 g/mol. The van der Waals surface area contributed by atoms with Gasteiger partial charge in [-0.3, -0.25) is 0 Å². The number of carbonyl (C=O) groups is 2. The van der Waals surface area contributed by atoms with E-state index in [2.05, 4.69) is 15.8 Å². The van der Waals surface area contributed by atoms with Crippen LogP contribution in [-0.2, 0) is 11.3 Å². The zero-order chi connectivity index (χ0) is 14.2. The summed E-state index contributed by atoms with van der Waals surface area (Å²) in [5.41, 5.74) is 0.182. The number of ether oxygens (including phenoxy) is 1. The molecule has 0 aromatic carbocycles. The number of rotatable bonds is 4. The maximum absolute atomic E-state index is 11.6. The van der Waals surface area contributed by atoms with Crippen LogP contribution < -0.4 is 10.6 Å². The molecule has 0 atom stereocenters. The van der Waals surface area contributed by atoms with Gasteiger partial charge in [-0.1, -0.05) is 5.16 Å². The van der Waals surface area contributed by atoms with Crippen LogP contribution in [0.25, 0.3) is 0 Å². The number of aromatic nitrogens is 1. The normalized spacial score (nSPS) is 20.0. The number of carboxylic acid groups (broad SMARTS) is 1. The van der Waals surface area contributed by atoms with E-state index in [0.29, 0.717) is 5.41 Å². The SMILES string of the molecule is O=C(NC1CC2(CNC2)C1)OCc1cc(C(=O)O)no1.